The summed E-state index contributed by atoms with van der Waals surface area (Å²) < 4.78 is 10.3. The summed E-state index contributed by atoms with van der Waals surface area (Å²) in [5.41, 5.74) is 0. The van der Waals surface area contributed by atoms with E-state index in [0.29, 0.717) is 12.8 Å². The Balaban J connectivity index is 3.43. The van der Waals surface area contributed by atoms with E-state index in [-0.39, 0.29) is 25.2 Å². The van der Waals surface area contributed by atoms with E-state index in [0.717, 1.165) is 43.9 Å². The van der Waals surface area contributed by atoms with E-state index in [1.54, 1.807) is 0 Å². The minimum atomic E-state index is -0.955. The molecule has 0 aliphatic rings. The number of hydrogen-bond acceptors (Lipinski definition) is 5. The molecular weight excluding hydrogens is 476 g/mol. The Labute approximate surface area is 236 Å². The Bertz CT molecular complexity index is 533. The smallest absolute Gasteiger partial charge is 0.305 e. The van der Waals surface area contributed by atoms with Gasteiger partial charge in [-0.1, -0.05) is 143 Å². The molecule has 5 heteroatoms. The molecule has 0 spiro atoms. The molecule has 0 aromatic heterocycles. The first-order chi connectivity index (χ1) is 18.3. The van der Waals surface area contributed by atoms with E-state index in [2.05, 4.69) is 27.7 Å². The third-order valence-electron chi connectivity index (χ3n) is 7.56. The molecule has 0 radical (unpaired) electrons. The molecule has 0 aliphatic heterocycles. The van der Waals surface area contributed by atoms with Crippen LogP contribution in [0.2, 0.25) is 0 Å². The first kappa shape index (κ1) is 36.9. The van der Waals surface area contributed by atoms with Crippen LogP contribution >= 0.6 is 0 Å². The number of rotatable bonds is 28. The molecule has 5 nitrogen and oxygen atoms in total. The number of aliphatic hydroxyl groups excluding tert-OH is 1. The van der Waals surface area contributed by atoms with E-state index >= 15 is 0 Å². The first-order valence-electron chi connectivity index (χ1n) is 16.3. The fourth-order valence-corrected chi connectivity index (χ4v) is 4.66. The van der Waals surface area contributed by atoms with Crippen LogP contribution in [0.1, 0.15) is 169 Å². The predicted molar refractivity (Wildman–Crippen MR) is 159 cm³/mol. The highest BCUT2D eigenvalue weighted by atomic mass is 16.6. The average molecular weight is 541 g/mol. The van der Waals surface area contributed by atoms with Gasteiger partial charge in [0.15, 0.2) is 0 Å². The molecule has 0 saturated carbocycles. The molecule has 0 aliphatic carbocycles. The summed E-state index contributed by atoms with van der Waals surface area (Å²) in [6, 6.07) is 0. The highest BCUT2D eigenvalue weighted by Crippen LogP contribution is 2.15. The minimum Gasteiger partial charge on any atom is -0.463 e. The van der Waals surface area contributed by atoms with E-state index < -0.39 is 6.10 Å². The molecule has 1 unspecified atom stereocenters. The Morgan fingerprint density at radius 1 is 0.553 bits per heavy atom. The number of aliphatic hydroxyl groups is 1. The molecular formula is C33H64O5. The van der Waals surface area contributed by atoms with Gasteiger partial charge in [0.25, 0.3) is 0 Å². The number of carbonyl (C=O) groups excluding carboxylic acids is 2. The molecule has 226 valence electrons. The molecule has 0 aromatic carbocycles. The van der Waals surface area contributed by atoms with Crippen molar-refractivity contribution in [2.24, 2.45) is 11.8 Å². The lowest BCUT2D eigenvalue weighted by atomic mass is 10.00. The van der Waals surface area contributed by atoms with Crippen LogP contribution in [0.25, 0.3) is 0 Å². The molecule has 1 N–H and O–H groups in total. The lowest BCUT2D eigenvalue weighted by Crippen LogP contribution is -2.25. The van der Waals surface area contributed by atoms with Crippen LogP contribution in [-0.2, 0) is 19.1 Å². The molecule has 0 rings (SSSR count). The van der Waals surface area contributed by atoms with Crippen molar-refractivity contribution < 1.29 is 24.2 Å². The van der Waals surface area contributed by atoms with E-state index in [1.165, 1.54) is 96.3 Å². The number of carbonyl (C=O) groups is 2. The van der Waals surface area contributed by atoms with Gasteiger partial charge in [0, 0.05) is 12.8 Å². The second-order valence-corrected chi connectivity index (χ2v) is 12.0. The van der Waals surface area contributed by atoms with E-state index in [9.17, 15) is 14.7 Å². The summed E-state index contributed by atoms with van der Waals surface area (Å²) in [5.74, 6) is 1.10. The van der Waals surface area contributed by atoms with Gasteiger partial charge < -0.3 is 14.6 Å². The van der Waals surface area contributed by atoms with Crippen molar-refractivity contribution in [1.29, 1.82) is 0 Å². The largest absolute Gasteiger partial charge is 0.463 e. The summed E-state index contributed by atoms with van der Waals surface area (Å²) in [4.78, 5) is 23.7. The number of ether oxygens (including phenoxy) is 2. The van der Waals surface area contributed by atoms with Gasteiger partial charge in [-0.2, -0.15) is 0 Å². The average Bonchev–Trinajstić information content (AvgIpc) is 2.89. The van der Waals surface area contributed by atoms with Gasteiger partial charge in [0.05, 0.1) is 0 Å². The molecule has 0 heterocycles. The summed E-state index contributed by atoms with van der Waals surface area (Å²) in [7, 11) is 0. The maximum atomic E-state index is 11.9. The summed E-state index contributed by atoms with van der Waals surface area (Å²) in [6.45, 7) is 8.94. The number of unbranched alkanes of at least 4 members (excludes halogenated alkanes) is 15. The minimum absolute atomic E-state index is 0.111. The summed E-state index contributed by atoms with van der Waals surface area (Å²) in [6.07, 6.45) is 24.4. The Morgan fingerprint density at radius 2 is 0.895 bits per heavy atom. The Hall–Kier alpha value is -1.10. The predicted octanol–water partition coefficient (Wildman–Crippen LogP) is 9.33. The van der Waals surface area contributed by atoms with Crippen LogP contribution in [-0.4, -0.2) is 36.4 Å². The zero-order valence-corrected chi connectivity index (χ0v) is 25.8. The molecule has 0 amide bonds. The third kappa shape index (κ3) is 27.9. The molecule has 38 heavy (non-hydrogen) atoms. The van der Waals surface area contributed by atoms with Gasteiger partial charge in [-0.05, 0) is 24.7 Å². The quantitative estimate of drug-likeness (QED) is 0.0790. The van der Waals surface area contributed by atoms with Crippen molar-refractivity contribution in [3.05, 3.63) is 0 Å². The van der Waals surface area contributed by atoms with E-state index in [1.807, 2.05) is 0 Å². The lowest BCUT2D eigenvalue weighted by molar-refractivity contribution is -0.152. The van der Waals surface area contributed by atoms with Gasteiger partial charge in [0.1, 0.15) is 19.3 Å². The van der Waals surface area contributed by atoms with Crippen LogP contribution in [0.3, 0.4) is 0 Å². The zero-order valence-electron chi connectivity index (χ0n) is 25.8. The number of hydrogen-bond donors (Lipinski definition) is 1. The van der Waals surface area contributed by atoms with E-state index in [4.69, 9.17) is 9.47 Å². The fraction of sp³-hybridized carbons (Fsp3) is 0.939. The topological polar surface area (TPSA) is 72.8 Å². The van der Waals surface area contributed by atoms with Crippen LogP contribution in [0, 0.1) is 11.8 Å². The molecule has 2 atom stereocenters. The SMILES string of the molecule is CCC(C)CCCCCCCCC(=O)OC[C@@H](O)COC(=O)CCCCCCCCCCCCCC(C)C. The Kier molecular flexibility index (Phi) is 26.7. The maximum absolute atomic E-state index is 11.9. The molecule has 0 bridgehead atoms. The van der Waals surface area contributed by atoms with Crippen molar-refractivity contribution in [3.63, 3.8) is 0 Å². The molecule has 0 saturated heterocycles. The molecule has 0 fully saturated rings. The first-order valence-corrected chi connectivity index (χ1v) is 16.3. The summed E-state index contributed by atoms with van der Waals surface area (Å²) >= 11 is 0. The monoisotopic (exact) mass is 540 g/mol. The number of esters is 2. The van der Waals surface area contributed by atoms with Crippen LogP contribution in [0.5, 0.6) is 0 Å². The van der Waals surface area contributed by atoms with Crippen molar-refractivity contribution in [1.82, 2.24) is 0 Å². The van der Waals surface area contributed by atoms with Crippen LogP contribution < -0.4 is 0 Å². The third-order valence-corrected chi connectivity index (χ3v) is 7.56. The van der Waals surface area contributed by atoms with Crippen LogP contribution in [0.4, 0.5) is 0 Å². The van der Waals surface area contributed by atoms with Crippen molar-refractivity contribution in [2.45, 2.75) is 175 Å². The lowest BCUT2D eigenvalue weighted by Gasteiger charge is -2.12. The highest BCUT2D eigenvalue weighted by Gasteiger charge is 2.12. The van der Waals surface area contributed by atoms with Gasteiger partial charge >= 0.3 is 11.9 Å². The fourth-order valence-electron chi connectivity index (χ4n) is 4.66. The van der Waals surface area contributed by atoms with Crippen molar-refractivity contribution >= 4 is 11.9 Å². The van der Waals surface area contributed by atoms with Gasteiger partial charge in [-0.3, -0.25) is 9.59 Å². The normalized spacial score (nSPS) is 13.0. The summed E-state index contributed by atoms with van der Waals surface area (Å²) in [5, 5.41) is 9.94. The van der Waals surface area contributed by atoms with Crippen LogP contribution in [0.15, 0.2) is 0 Å². The standard InChI is InChI=1S/C33H64O5/c1-5-30(4)24-20-16-13-14-18-22-26-33(36)38-28-31(34)27-37-32(35)25-21-17-12-10-8-6-7-9-11-15-19-23-29(2)3/h29-31,34H,5-28H2,1-4H3/t30?,31-/m0/s1. The van der Waals surface area contributed by atoms with Gasteiger partial charge in [0.2, 0.25) is 0 Å². The highest BCUT2D eigenvalue weighted by molar-refractivity contribution is 5.69. The van der Waals surface area contributed by atoms with Gasteiger partial charge in [-0.25, -0.2) is 0 Å². The molecule has 0 aromatic rings. The second kappa shape index (κ2) is 27.5. The zero-order chi connectivity index (χ0) is 28.3. The van der Waals surface area contributed by atoms with Crippen molar-refractivity contribution in [3.8, 4) is 0 Å². The maximum Gasteiger partial charge on any atom is 0.305 e. The Morgan fingerprint density at radius 3 is 1.26 bits per heavy atom. The van der Waals surface area contributed by atoms with Crippen molar-refractivity contribution in [2.75, 3.05) is 13.2 Å². The van der Waals surface area contributed by atoms with Gasteiger partial charge in [-0.15, -0.1) is 0 Å². The second-order valence-electron chi connectivity index (χ2n) is 12.0.